The van der Waals surface area contributed by atoms with Crippen LogP contribution in [0.25, 0.3) is 11.4 Å². The zero-order valence-electron chi connectivity index (χ0n) is 9.10. The quantitative estimate of drug-likeness (QED) is 0.705. The molecule has 0 saturated heterocycles. The van der Waals surface area contributed by atoms with Crippen LogP contribution < -0.4 is 5.10 Å². The normalized spacial score (nSPS) is 11.7. The summed E-state index contributed by atoms with van der Waals surface area (Å²) in [5, 5.41) is 14.5. The molecule has 1 heterocycles. The second-order valence-electron chi connectivity index (χ2n) is 4.53. The monoisotopic (exact) mass is 201 g/mol. The van der Waals surface area contributed by atoms with E-state index in [1.54, 1.807) is 0 Å². The Bertz CT molecular complexity index is 423. The summed E-state index contributed by atoms with van der Waals surface area (Å²) in [7, 11) is 0. The molecule has 4 heteroatoms. The Morgan fingerprint density at radius 1 is 1.07 bits per heavy atom. The molecule has 0 fully saturated rings. The van der Waals surface area contributed by atoms with Crippen molar-refractivity contribution in [1.82, 2.24) is 20.6 Å². The van der Waals surface area contributed by atoms with Gasteiger partial charge in [0.25, 0.3) is 0 Å². The van der Waals surface area contributed by atoms with Gasteiger partial charge >= 0.3 is 0 Å². The fourth-order valence-corrected chi connectivity index (χ4v) is 1.38. The Balaban J connectivity index is 2.33. The van der Waals surface area contributed by atoms with E-state index in [1.807, 2.05) is 12.1 Å². The molecule has 0 unspecified atom stereocenters. The van der Waals surface area contributed by atoms with Gasteiger partial charge in [0.15, 0.2) is 0 Å². The molecule has 2 aromatic rings. The number of nitrogens with zero attached hydrogens (tertiary/aromatic N) is 4. The van der Waals surface area contributed by atoms with Crippen LogP contribution in [0.1, 0.15) is 26.3 Å². The molecule has 0 atom stereocenters. The number of rotatable bonds is 1. The summed E-state index contributed by atoms with van der Waals surface area (Å²) in [6.45, 7) is 6.55. The van der Waals surface area contributed by atoms with Gasteiger partial charge in [0.1, 0.15) is 0 Å². The van der Waals surface area contributed by atoms with Crippen LogP contribution in [0.3, 0.4) is 0 Å². The summed E-state index contributed by atoms with van der Waals surface area (Å²) in [6, 6.07) is 8.18. The molecule has 0 N–H and O–H groups in total. The summed E-state index contributed by atoms with van der Waals surface area (Å²) in [4.78, 5) is 0. The molecule has 15 heavy (non-hydrogen) atoms. The molecule has 0 amide bonds. The second kappa shape index (κ2) is 3.46. The SMILES string of the molecule is CC(C)(C)c1ccc(-c2nnn[n-]2)cc1. The topological polar surface area (TPSA) is 52.8 Å². The van der Waals surface area contributed by atoms with Crippen molar-refractivity contribution in [3.05, 3.63) is 29.8 Å². The molecular weight excluding hydrogens is 188 g/mol. The van der Waals surface area contributed by atoms with Gasteiger partial charge in [0.05, 0.1) is 0 Å². The number of hydrogen-bond donors (Lipinski definition) is 0. The van der Waals surface area contributed by atoms with Gasteiger partial charge in [-0.3, -0.25) is 10.3 Å². The zero-order valence-corrected chi connectivity index (χ0v) is 9.10. The van der Waals surface area contributed by atoms with Crippen molar-refractivity contribution in [3.63, 3.8) is 0 Å². The van der Waals surface area contributed by atoms with E-state index in [-0.39, 0.29) is 5.41 Å². The highest BCUT2D eigenvalue weighted by Crippen LogP contribution is 2.24. The van der Waals surface area contributed by atoms with E-state index in [2.05, 4.69) is 53.5 Å². The van der Waals surface area contributed by atoms with Gasteiger partial charge in [-0.2, -0.15) is 5.21 Å². The third-order valence-electron chi connectivity index (χ3n) is 2.33. The molecule has 4 nitrogen and oxygen atoms in total. The lowest BCUT2D eigenvalue weighted by atomic mass is 9.87. The minimum absolute atomic E-state index is 0.169. The molecular formula is C11H13N4-. The van der Waals surface area contributed by atoms with Crippen LogP contribution in [-0.2, 0) is 5.41 Å². The summed E-state index contributed by atoms with van der Waals surface area (Å²) in [6.07, 6.45) is 0. The molecule has 78 valence electrons. The summed E-state index contributed by atoms with van der Waals surface area (Å²) in [5.41, 5.74) is 2.41. The van der Waals surface area contributed by atoms with Crippen molar-refractivity contribution >= 4 is 0 Å². The number of benzene rings is 1. The standard InChI is InChI=1S/C11H13N4/c1-11(2,3)9-6-4-8(5-7-9)10-12-14-15-13-10/h4-7H,1-3H3/q-1. The fraction of sp³-hybridized carbons (Fsp3) is 0.364. The maximum atomic E-state index is 3.81. The van der Waals surface area contributed by atoms with Crippen molar-refractivity contribution in [3.8, 4) is 11.4 Å². The highest BCUT2D eigenvalue weighted by molar-refractivity contribution is 5.54. The van der Waals surface area contributed by atoms with Crippen molar-refractivity contribution < 1.29 is 0 Å². The van der Waals surface area contributed by atoms with E-state index >= 15 is 0 Å². The first-order chi connectivity index (χ1) is 7.07. The van der Waals surface area contributed by atoms with Gasteiger partial charge in [0.2, 0.25) is 0 Å². The predicted molar refractivity (Wildman–Crippen MR) is 57.3 cm³/mol. The van der Waals surface area contributed by atoms with Crippen LogP contribution in [0.2, 0.25) is 0 Å². The fourth-order valence-electron chi connectivity index (χ4n) is 1.38. The number of hydrogen-bond acceptors (Lipinski definition) is 3. The largest absolute Gasteiger partial charge is 0.330 e. The molecule has 2 rings (SSSR count). The first-order valence-electron chi connectivity index (χ1n) is 4.87. The molecule has 0 saturated carbocycles. The van der Waals surface area contributed by atoms with Crippen LogP contribution >= 0.6 is 0 Å². The Kier molecular flexibility index (Phi) is 2.26. The molecule has 0 spiro atoms. The van der Waals surface area contributed by atoms with Crippen LogP contribution in [0.4, 0.5) is 0 Å². The van der Waals surface area contributed by atoms with E-state index in [9.17, 15) is 0 Å². The minimum Gasteiger partial charge on any atom is -0.330 e. The molecule has 0 bridgehead atoms. The van der Waals surface area contributed by atoms with Crippen LogP contribution in [0.15, 0.2) is 24.3 Å². The van der Waals surface area contributed by atoms with Gasteiger partial charge < -0.3 is 5.10 Å². The van der Waals surface area contributed by atoms with Crippen molar-refractivity contribution in [2.24, 2.45) is 0 Å². The Morgan fingerprint density at radius 2 is 1.73 bits per heavy atom. The first-order valence-corrected chi connectivity index (χ1v) is 4.87. The van der Waals surface area contributed by atoms with Gasteiger partial charge in [-0.25, -0.2) is 0 Å². The minimum atomic E-state index is 0.169. The summed E-state index contributed by atoms with van der Waals surface area (Å²) >= 11 is 0. The lowest BCUT2D eigenvalue weighted by Crippen LogP contribution is -2.10. The Labute approximate surface area is 88.7 Å². The Hall–Kier alpha value is -1.71. The lowest BCUT2D eigenvalue weighted by Gasteiger charge is -2.19. The smallest absolute Gasteiger partial charge is 0.0397 e. The number of aromatic nitrogens is 4. The van der Waals surface area contributed by atoms with Gasteiger partial charge in [-0.15, -0.1) is 0 Å². The maximum Gasteiger partial charge on any atom is 0.0397 e. The molecule has 0 aliphatic heterocycles. The van der Waals surface area contributed by atoms with E-state index in [1.165, 1.54) is 5.56 Å². The van der Waals surface area contributed by atoms with E-state index in [0.717, 1.165) is 5.56 Å². The van der Waals surface area contributed by atoms with Crippen LogP contribution in [0, 0.1) is 0 Å². The van der Waals surface area contributed by atoms with Crippen molar-refractivity contribution in [1.29, 1.82) is 0 Å². The molecule has 0 radical (unpaired) electrons. The van der Waals surface area contributed by atoms with E-state index in [0.29, 0.717) is 5.82 Å². The van der Waals surface area contributed by atoms with Gasteiger partial charge in [-0.1, -0.05) is 45.0 Å². The van der Waals surface area contributed by atoms with E-state index < -0.39 is 0 Å². The lowest BCUT2D eigenvalue weighted by molar-refractivity contribution is 0.590. The third kappa shape index (κ3) is 2.03. The highest BCUT2D eigenvalue weighted by atomic mass is 15.5. The highest BCUT2D eigenvalue weighted by Gasteiger charge is 2.12. The average Bonchev–Trinajstić information content (AvgIpc) is 2.69. The number of tetrazole rings is 1. The third-order valence-corrected chi connectivity index (χ3v) is 2.33. The molecule has 0 aliphatic rings. The van der Waals surface area contributed by atoms with Crippen LogP contribution in [-0.4, -0.2) is 15.5 Å². The van der Waals surface area contributed by atoms with E-state index in [4.69, 9.17) is 0 Å². The Morgan fingerprint density at radius 3 is 2.20 bits per heavy atom. The summed E-state index contributed by atoms with van der Waals surface area (Å²) < 4.78 is 0. The first kappa shape index (κ1) is 9.83. The zero-order chi connectivity index (χ0) is 10.9. The molecule has 1 aromatic heterocycles. The average molecular weight is 201 g/mol. The second-order valence-corrected chi connectivity index (χ2v) is 4.53. The molecule has 0 aliphatic carbocycles. The summed E-state index contributed by atoms with van der Waals surface area (Å²) in [5.74, 6) is 0.579. The van der Waals surface area contributed by atoms with Gasteiger partial charge in [-0.05, 0) is 16.5 Å². The predicted octanol–water partition coefficient (Wildman–Crippen LogP) is 1.79. The molecule has 1 aromatic carbocycles. The van der Waals surface area contributed by atoms with Gasteiger partial charge in [0, 0.05) is 5.82 Å². The van der Waals surface area contributed by atoms with Crippen molar-refractivity contribution in [2.75, 3.05) is 0 Å². The van der Waals surface area contributed by atoms with Crippen LogP contribution in [0.5, 0.6) is 0 Å². The maximum absolute atomic E-state index is 3.81. The van der Waals surface area contributed by atoms with Crippen molar-refractivity contribution in [2.45, 2.75) is 26.2 Å².